The Labute approximate surface area is 140 Å². The van der Waals surface area contributed by atoms with Crippen LogP contribution in [0.15, 0.2) is 36.4 Å². The minimum atomic E-state index is -0.455. The van der Waals surface area contributed by atoms with Crippen LogP contribution in [0.1, 0.15) is 11.9 Å². The molecule has 0 unspecified atom stereocenters. The number of hydrogen-bond donors (Lipinski definition) is 1. The Morgan fingerprint density at radius 3 is 2.78 bits per heavy atom. The molecule has 1 N–H and O–H groups in total. The second kappa shape index (κ2) is 6.52. The van der Waals surface area contributed by atoms with Gasteiger partial charge in [0.2, 0.25) is 5.91 Å². The van der Waals surface area contributed by atoms with Gasteiger partial charge in [-0.15, -0.1) is 11.3 Å². The first-order chi connectivity index (χ1) is 11.0. The van der Waals surface area contributed by atoms with Crippen molar-refractivity contribution in [1.29, 1.82) is 0 Å². The summed E-state index contributed by atoms with van der Waals surface area (Å²) in [6, 6.07) is 9.91. The normalized spacial score (nSPS) is 10.7. The van der Waals surface area contributed by atoms with Gasteiger partial charge in [0.1, 0.15) is 23.2 Å². The summed E-state index contributed by atoms with van der Waals surface area (Å²) in [4.78, 5) is 15.3. The van der Waals surface area contributed by atoms with Gasteiger partial charge >= 0.3 is 0 Å². The van der Waals surface area contributed by atoms with E-state index >= 15 is 0 Å². The summed E-state index contributed by atoms with van der Waals surface area (Å²) < 4.78 is 19.8. The lowest BCUT2D eigenvalue weighted by Gasteiger charge is -2.05. The van der Waals surface area contributed by atoms with Crippen LogP contribution >= 0.6 is 22.9 Å². The van der Waals surface area contributed by atoms with Gasteiger partial charge in [-0.25, -0.2) is 9.37 Å². The van der Waals surface area contributed by atoms with Crippen molar-refractivity contribution in [3.8, 4) is 5.75 Å². The average Bonchev–Trinajstić information content (AvgIpc) is 2.88. The summed E-state index contributed by atoms with van der Waals surface area (Å²) >= 11 is 7.11. The number of anilines is 1. The van der Waals surface area contributed by atoms with Crippen molar-refractivity contribution >= 4 is 44.7 Å². The molecular formula is C16H12ClFN2O2S. The molecule has 1 amide bonds. The van der Waals surface area contributed by atoms with Crippen LogP contribution in [0.2, 0.25) is 5.02 Å². The smallest absolute Gasteiger partial charge is 0.221 e. The monoisotopic (exact) mass is 350 g/mol. The molecule has 0 aliphatic rings. The molecule has 3 aromatic rings. The van der Waals surface area contributed by atoms with Crippen LogP contribution in [0.4, 0.5) is 10.1 Å². The number of rotatable bonds is 4. The van der Waals surface area contributed by atoms with Crippen molar-refractivity contribution < 1.29 is 13.9 Å². The van der Waals surface area contributed by atoms with Crippen LogP contribution in [0.25, 0.3) is 10.2 Å². The number of halogens is 2. The molecule has 0 aliphatic carbocycles. The van der Waals surface area contributed by atoms with Crippen LogP contribution < -0.4 is 10.1 Å². The van der Waals surface area contributed by atoms with Crippen molar-refractivity contribution in [3.63, 3.8) is 0 Å². The highest BCUT2D eigenvalue weighted by Crippen LogP contribution is 2.28. The van der Waals surface area contributed by atoms with E-state index in [1.807, 2.05) is 0 Å². The minimum Gasteiger partial charge on any atom is -0.486 e. The van der Waals surface area contributed by atoms with E-state index in [4.69, 9.17) is 16.3 Å². The maximum Gasteiger partial charge on any atom is 0.221 e. The Morgan fingerprint density at radius 2 is 2.09 bits per heavy atom. The van der Waals surface area contributed by atoms with E-state index in [1.165, 1.54) is 30.4 Å². The standard InChI is InChI=1S/C16H12ClFN2O2S/c1-9(21)19-10-2-4-11(5-3-10)22-8-16-20-14-6-12(17)13(18)7-15(14)23-16/h2-7H,8H2,1H3,(H,19,21). The number of nitrogens with zero attached hydrogens (tertiary/aromatic N) is 1. The first-order valence-corrected chi connectivity index (χ1v) is 7.95. The van der Waals surface area contributed by atoms with Gasteiger partial charge in [-0.05, 0) is 36.4 Å². The summed E-state index contributed by atoms with van der Waals surface area (Å²) in [5.74, 6) is 0.0745. The van der Waals surface area contributed by atoms with Crippen LogP contribution in [-0.4, -0.2) is 10.9 Å². The number of aromatic nitrogens is 1. The second-order valence-corrected chi connectivity index (χ2v) is 6.36. The number of benzene rings is 2. The molecule has 2 aromatic carbocycles. The van der Waals surface area contributed by atoms with Gasteiger partial charge in [0.05, 0.1) is 15.2 Å². The fourth-order valence-corrected chi connectivity index (χ4v) is 3.06. The van der Waals surface area contributed by atoms with Crippen molar-refractivity contribution in [1.82, 2.24) is 4.98 Å². The zero-order valence-corrected chi connectivity index (χ0v) is 13.7. The van der Waals surface area contributed by atoms with Crippen molar-refractivity contribution in [2.24, 2.45) is 0 Å². The quantitative estimate of drug-likeness (QED) is 0.746. The first-order valence-electron chi connectivity index (χ1n) is 6.76. The number of nitrogens with one attached hydrogen (secondary N) is 1. The fraction of sp³-hybridized carbons (Fsp3) is 0.125. The van der Waals surface area contributed by atoms with E-state index in [-0.39, 0.29) is 17.5 Å². The molecule has 0 saturated heterocycles. The number of thiazole rings is 1. The lowest BCUT2D eigenvalue weighted by molar-refractivity contribution is -0.114. The van der Waals surface area contributed by atoms with Crippen LogP contribution in [0, 0.1) is 5.82 Å². The topological polar surface area (TPSA) is 51.2 Å². The molecule has 1 heterocycles. The molecule has 0 fully saturated rings. The van der Waals surface area contributed by atoms with Gasteiger partial charge < -0.3 is 10.1 Å². The van der Waals surface area contributed by atoms with Gasteiger partial charge in [0, 0.05) is 12.6 Å². The van der Waals surface area contributed by atoms with Gasteiger partial charge in [0.15, 0.2) is 0 Å². The Balaban J connectivity index is 1.69. The molecule has 1 aromatic heterocycles. The zero-order valence-electron chi connectivity index (χ0n) is 12.1. The molecule has 0 bridgehead atoms. The molecule has 0 aliphatic heterocycles. The highest BCUT2D eigenvalue weighted by molar-refractivity contribution is 7.18. The molecule has 0 radical (unpaired) electrons. The molecule has 0 atom stereocenters. The Hall–Kier alpha value is -2.18. The molecular weight excluding hydrogens is 339 g/mol. The van der Waals surface area contributed by atoms with E-state index in [2.05, 4.69) is 10.3 Å². The molecule has 0 saturated carbocycles. The maximum atomic E-state index is 13.4. The Morgan fingerprint density at radius 1 is 1.35 bits per heavy atom. The number of carbonyl (C=O) groups excluding carboxylic acids is 1. The second-order valence-electron chi connectivity index (χ2n) is 4.84. The van der Waals surface area contributed by atoms with Gasteiger partial charge in [-0.1, -0.05) is 11.6 Å². The third-order valence-electron chi connectivity index (χ3n) is 3.01. The van der Waals surface area contributed by atoms with Gasteiger partial charge in [-0.3, -0.25) is 4.79 Å². The Kier molecular flexibility index (Phi) is 4.45. The summed E-state index contributed by atoms with van der Waals surface area (Å²) in [7, 11) is 0. The van der Waals surface area contributed by atoms with E-state index in [1.54, 1.807) is 24.3 Å². The largest absolute Gasteiger partial charge is 0.486 e. The van der Waals surface area contributed by atoms with Crippen molar-refractivity contribution in [2.75, 3.05) is 5.32 Å². The highest BCUT2D eigenvalue weighted by Gasteiger charge is 2.09. The first kappa shape index (κ1) is 15.7. The third kappa shape index (κ3) is 3.78. The molecule has 0 spiro atoms. The number of ether oxygens (including phenoxy) is 1. The third-order valence-corrected chi connectivity index (χ3v) is 4.29. The number of hydrogen-bond acceptors (Lipinski definition) is 4. The predicted molar refractivity (Wildman–Crippen MR) is 89.7 cm³/mol. The fourth-order valence-electron chi connectivity index (χ4n) is 2.02. The summed E-state index contributed by atoms with van der Waals surface area (Å²) in [5, 5.41) is 3.47. The predicted octanol–water partition coefficient (Wildman–Crippen LogP) is 4.63. The minimum absolute atomic E-state index is 0.0591. The lowest BCUT2D eigenvalue weighted by atomic mass is 10.3. The van der Waals surface area contributed by atoms with Crippen molar-refractivity contribution in [3.05, 3.63) is 52.2 Å². The number of carbonyl (C=O) groups is 1. The summed E-state index contributed by atoms with van der Waals surface area (Å²) in [6.07, 6.45) is 0. The lowest BCUT2D eigenvalue weighted by Crippen LogP contribution is -2.05. The molecule has 118 valence electrons. The molecule has 7 heteroatoms. The number of amides is 1. The highest BCUT2D eigenvalue weighted by atomic mass is 35.5. The van der Waals surface area contributed by atoms with E-state index in [9.17, 15) is 9.18 Å². The number of fused-ring (bicyclic) bond motifs is 1. The zero-order chi connectivity index (χ0) is 16.4. The molecule has 3 rings (SSSR count). The van der Waals surface area contributed by atoms with Crippen LogP contribution in [-0.2, 0) is 11.4 Å². The molecule has 4 nitrogen and oxygen atoms in total. The van der Waals surface area contributed by atoms with Crippen molar-refractivity contribution in [2.45, 2.75) is 13.5 Å². The van der Waals surface area contributed by atoms with E-state index in [0.29, 0.717) is 17.0 Å². The summed E-state index contributed by atoms with van der Waals surface area (Å²) in [6.45, 7) is 1.73. The van der Waals surface area contributed by atoms with E-state index in [0.717, 1.165) is 9.71 Å². The van der Waals surface area contributed by atoms with Crippen LogP contribution in [0.3, 0.4) is 0 Å². The Bertz CT molecular complexity index is 825. The van der Waals surface area contributed by atoms with Crippen LogP contribution in [0.5, 0.6) is 5.75 Å². The maximum absolute atomic E-state index is 13.4. The van der Waals surface area contributed by atoms with Gasteiger partial charge in [0.25, 0.3) is 0 Å². The SMILES string of the molecule is CC(=O)Nc1ccc(OCc2nc3cc(Cl)c(F)cc3s2)cc1. The summed E-state index contributed by atoms with van der Waals surface area (Å²) in [5.41, 5.74) is 1.36. The average molecular weight is 351 g/mol. The molecule has 23 heavy (non-hydrogen) atoms. The van der Waals surface area contributed by atoms with E-state index < -0.39 is 5.82 Å². The van der Waals surface area contributed by atoms with Gasteiger partial charge in [-0.2, -0.15) is 0 Å².